The first-order valence-corrected chi connectivity index (χ1v) is 6.95. The van der Waals surface area contributed by atoms with E-state index in [1.54, 1.807) is 0 Å². The monoisotopic (exact) mass is 254 g/mol. The zero-order valence-electron chi connectivity index (χ0n) is 11.9. The average molecular weight is 254 g/mol. The van der Waals surface area contributed by atoms with Crippen LogP contribution in [-0.4, -0.2) is 18.3 Å². The Morgan fingerprint density at radius 3 is 3.00 bits per heavy atom. The van der Waals surface area contributed by atoms with Gasteiger partial charge in [-0.1, -0.05) is 25.9 Å². The van der Waals surface area contributed by atoms with E-state index in [4.69, 9.17) is 9.26 Å². The SMILES string of the molecule is CCCNCc1cc(COCCCC(C)C)on1. The molecule has 1 heterocycles. The number of hydrogen-bond acceptors (Lipinski definition) is 4. The zero-order valence-corrected chi connectivity index (χ0v) is 11.9. The lowest BCUT2D eigenvalue weighted by Crippen LogP contribution is -2.13. The Morgan fingerprint density at radius 2 is 2.28 bits per heavy atom. The third-order valence-corrected chi connectivity index (χ3v) is 2.66. The van der Waals surface area contributed by atoms with Crippen LogP contribution in [0.15, 0.2) is 10.6 Å². The number of hydrogen-bond donors (Lipinski definition) is 1. The summed E-state index contributed by atoms with van der Waals surface area (Å²) in [7, 11) is 0. The summed E-state index contributed by atoms with van der Waals surface area (Å²) in [4.78, 5) is 0. The Bertz CT molecular complexity index is 310. The van der Waals surface area contributed by atoms with Crippen LogP contribution in [0.3, 0.4) is 0 Å². The van der Waals surface area contributed by atoms with E-state index in [0.717, 1.165) is 49.9 Å². The molecule has 0 fully saturated rings. The number of rotatable bonds is 10. The van der Waals surface area contributed by atoms with E-state index < -0.39 is 0 Å². The minimum Gasteiger partial charge on any atom is -0.373 e. The molecule has 104 valence electrons. The predicted octanol–water partition coefficient (Wildman–Crippen LogP) is 3.13. The van der Waals surface area contributed by atoms with E-state index >= 15 is 0 Å². The van der Waals surface area contributed by atoms with Crippen molar-refractivity contribution in [3.05, 3.63) is 17.5 Å². The molecule has 1 aromatic heterocycles. The fraction of sp³-hybridized carbons (Fsp3) is 0.786. The van der Waals surface area contributed by atoms with Crippen LogP contribution in [0.25, 0.3) is 0 Å². The van der Waals surface area contributed by atoms with Crippen LogP contribution in [-0.2, 0) is 17.9 Å². The summed E-state index contributed by atoms with van der Waals surface area (Å²) in [5, 5.41) is 7.29. The van der Waals surface area contributed by atoms with Crippen LogP contribution in [0.2, 0.25) is 0 Å². The summed E-state index contributed by atoms with van der Waals surface area (Å²) in [5.74, 6) is 1.56. The van der Waals surface area contributed by atoms with Crippen molar-refractivity contribution < 1.29 is 9.26 Å². The first-order chi connectivity index (χ1) is 8.72. The highest BCUT2D eigenvalue weighted by Crippen LogP contribution is 2.07. The Balaban J connectivity index is 2.11. The maximum Gasteiger partial charge on any atom is 0.162 e. The van der Waals surface area contributed by atoms with Crippen molar-refractivity contribution in [3.63, 3.8) is 0 Å². The molecular formula is C14H26N2O2. The van der Waals surface area contributed by atoms with Gasteiger partial charge in [0.2, 0.25) is 0 Å². The van der Waals surface area contributed by atoms with Gasteiger partial charge in [0.1, 0.15) is 6.61 Å². The van der Waals surface area contributed by atoms with Crippen LogP contribution >= 0.6 is 0 Å². The quantitative estimate of drug-likeness (QED) is 0.652. The van der Waals surface area contributed by atoms with Crippen molar-refractivity contribution in [1.82, 2.24) is 10.5 Å². The number of ether oxygens (including phenoxy) is 1. The van der Waals surface area contributed by atoms with Gasteiger partial charge in [-0.3, -0.25) is 0 Å². The van der Waals surface area contributed by atoms with Crippen molar-refractivity contribution in [2.24, 2.45) is 5.92 Å². The Hall–Kier alpha value is -0.870. The molecule has 4 heteroatoms. The molecule has 1 rings (SSSR count). The van der Waals surface area contributed by atoms with Crippen LogP contribution in [0.5, 0.6) is 0 Å². The molecule has 0 aliphatic carbocycles. The van der Waals surface area contributed by atoms with E-state index in [1.165, 1.54) is 6.42 Å². The second kappa shape index (κ2) is 9.11. The molecule has 18 heavy (non-hydrogen) atoms. The lowest BCUT2D eigenvalue weighted by molar-refractivity contribution is 0.0960. The van der Waals surface area contributed by atoms with E-state index in [2.05, 4.69) is 31.2 Å². The maximum atomic E-state index is 5.55. The van der Waals surface area contributed by atoms with Gasteiger partial charge in [0, 0.05) is 19.2 Å². The topological polar surface area (TPSA) is 47.3 Å². The smallest absolute Gasteiger partial charge is 0.162 e. The van der Waals surface area contributed by atoms with Gasteiger partial charge in [0.05, 0.1) is 5.69 Å². The lowest BCUT2D eigenvalue weighted by atomic mass is 10.1. The maximum absolute atomic E-state index is 5.55. The van der Waals surface area contributed by atoms with Gasteiger partial charge in [-0.25, -0.2) is 0 Å². The van der Waals surface area contributed by atoms with Gasteiger partial charge in [-0.2, -0.15) is 0 Å². The largest absolute Gasteiger partial charge is 0.373 e. The molecule has 0 spiro atoms. The number of nitrogens with one attached hydrogen (secondary N) is 1. The molecule has 0 aromatic carbocycles. The molecular weight excluding hydrogens is 228 g/mol. The molecule has 4 nitrogen and oxygen atoms in total. The highest BCUT2D eigenvalue weighted by molar-refractivity contribution is 5.04. The lowest BCUT2D eigenvalue weighted by Gasteiger charge is -2.04. The Morgan fingerprint density at radius 1 is 1.44 bits per heavy atom. The highest BCUT2D eigenvalue weighted by Gasteiger charge is 2.03. The molecule has 0 saturated carbocycles. The molecule has 1 N–H and O–H groups in total. The Kier molecular flexibility index (Phi) is 7.69. The molecule has 0 unspecified atom stereocenters. The molecule has 0 atom stereocenters. The van der Waals surface area contributed by atoms with E-state index in [0.29, 0.717) is 6.61 Å². The second-order valence-corrected chi connectivity index (χ2v) is 5.05. The minimum atomic E-state index is 0.527. The molecule has 0 aliphatic rings. The minimum absolute atomic E-state index is 0.527. The summed E-state index contributed by atoms with van der Waals surface area (Å²) in [6.45, 7) is 9.70. The predicted molar refractivity (Wildman–Crippen MR) is 72.2 cm³/mol. The fourth-order valence-electron chi connectivity index (χ4n) is 1.67. The summed E-state index contributed by atoms with van der Waals surface area (Å²) >= 11 is 0. The molecule has 0 saturated heterocycles. The van der Waals surface area contributed by atoms with Crippen molar-refractivity contribution in [3.8, 4) is 0 Å². The number of aromatic nitrogens is 1. The third-order valence-electron chi connectivity index (χ3n) is 2.66. The first kappa shape index (κ1) is 15.2. The van der Waals surface area contributed by atoms with Crippen molar-refractivity contribution >= 4 is 0 Å². The highest BCUT2D eigenvalue weighted by atomic mass is 16.5. The summed E-state index contributed by atoms with van der Waals surface area (Å²) in [5.41, 5.74) is 0.948. The second-order valence-electron chi connectivity index (χ2n) is 5.05. The van der Waals surface area contributed by atoms with Gasteiger partial charge >= 0.3 is 0 Å². The third kappa shape index (κ3) is 6.77. The van der Waals surface area contributed by atoms with Gasteiger partial charge in [0.25, 0.3) is 0 Å². The van der Waals surface area contributed by atoms with E-state index in [9.17, 15) is 0 Å². The molecule has 1 aromatic rings. The van der Waals surface area contributed by atoms with Crippen molar-refractivity contribution in [2.75, 3.05) is 13.2 Å². The van der Waals surface area contributed by atoms with E-state index in [1.807, 2.05) is 6.07 Å². The van der Waals surface area contributed by atoms with Gasteiger partial charge in [0.15, 0.2) is 5.76 Å². The van der Waals surface area contributed by atoms with Crippen LogP contribution < -0.4 is 5.32 Å². The van der Waals surface area contributed by atoms with Crippen LogP contribution in [0, 0.1) is 5.92 Å². The standard InChI is InChI=1S/C14H26N2O2/c1-4-7-15-10-13-9-14(18-16-13)11-17-8-5-6-12(2)3/h9,12,15H,4-8,10-11H2,1-3H3. The fourth-order valence-corrected chi connectivity index (χ4v) is 1.67. The first-order valence-electron chi connectivity index (χ1n) is 6.95. The van der Waals surface area contributed by atoms with Crippen LogP contribution in [0.1, 0.15) is 51.5 Å². The van der Waals surface area contributed by atoms with Crippen molar-refractivity contribution in [1.29, 1.82) is 0 Å². The van der Waals surface area contributed by atoms with Gasteiger partial charge < -0.3 is 14.6 Å². The summed E-state index contributed by atoms with van der Waals surface area (Å²) in [6.07, 6.45) is 3.45. The Labute approximate surface area is 110 Å². The molecule has 0 radical (unpaired) electrons. The molecule has 0 amide bonds. The normalized spacial score (nSPS) is 11.3. The molecule has 0 aliphatic heterocycles. The van der Waals surface area contributed by atoms with Gasteiger partial charge in [-0.05, 0) is 31.7 Å². The van der Waals surface area contributed by atoms with Crippen molar-refractivity contribution in [2.45, 2.75) is 53.2 Å². The van der Waals surface area contributed by atoms with Crippen LogP contribution in [0.4, 0.5) is 0 Å². The van der Waals surface area contributed by atoms with Gasteiger partial charge in [-0.15, -0.1) is 0 Å². The van der Waals surface area contributed by atoms with E-state index in [-0.39, 0.29) is 0 Å². The summed E-state index contributed by atoms with van der Waals surface area (Å²) in [6, 6.07) is 1.96. The average Bonchev–Trinajstić information content (AvgIpc) is 2.77. The number of nitrogens with zero attached hydrogens (tertiary/aromatic N) is 1. The molecule has 0 bridgehead atoms. The summed E-state index contributed by atoms with van der Waals surface area (Å²) < 4.78 is 10.8. The zero-order chi connectivity index (χ0) is 13.2.